The number of carbonyl (C=O) groups excluding carboxylic acids is 3. The molecule has 0 unspecified atom stereocenters. The molecule has 1 N–H and O–H groups in total. The van der Waals surface area contributed by atoms with Crippen molar-refractivity contribution < 1.29 is 19.1 Å². The van der Waals surface area contributed by atoms with E-state index in [0.717, 1.165) is 12.8 Å². The van der Waals surface area contributed by atoms with Gasteiger partial charge < -0.3 is 15.0 Å². The topological polar surface area (TPSA) is 75.7 Å². The van der Waals surface area contributed by atoms with E-state index in [2.05, 4.69) is 5.32 Å². The first-order valence-corrected chi connectivity index (χ1v) is 8.59. The molecule has 1 saturated heterocycles. The largest absolute Gasteiger partial charge is 0.467 e. The van der Waals surface area contributed by atoms with E-state index < -0.39 is 12.0 Å². The van der Waals surface area contributed by atoms with E-state index in [0.29, 0.717) is 32.4 Å². The summed E-state index contributed by atoms with van der Waals surface area (Å²) in [7, 11) is 1.34. The van der Waals surface area contributed by atoms with E-state index in [4.69, 9.17) is 4.74 Å². The van der Waals surface area contributed by atoms with Crippen LogP contribution in [0.25, 0.3) is 0 Å². The lowest BCUT2D eigenvalue weighted by Gasteiger charge is -2.32. The molecule has 2 aliphatic rings. The summed E-state index contributed by atoms with van der Waals surface area (Å²) in [6.07, 6.45) is 3.92. The lowest BCUT2D eigenvalue weighted by molar-refractivity contribution is -0.146. The van der Waals surface area contributed by atoms with Crippen LogP contribution in [0, 0.1) is 17.8 Å². The first kappa shape index (κ1) is 17.8. The summed E-state index contributed by atoms with van der Waals surface area (Å²) >= 11 is 0. The van der Waals surface area contributed by atoms with Gasteiger partial charge in [-0.25, -0.2) is 4.79 Å². The first-order valence-electron chi connectivity index (χ1n) is 8.59. The third-order valence-corrected chi connectivity index (χ3v) is 4.61. The van der Waals surface area contributed by atoms with Crippen LogP contribution >= 0.6 is 0 Å². The number of carbonyl (C=O) groups is 3. The number of likely N-dealkylation sites (tertiary alicyclic amines) is 1. The van der Waals surface area contributed by atoms with Crippen LogP contribution < -0.4 is 5.32 Å². The molecule has 6 nitrogen and oxygen atoms in total. The number of amides is 2. The van der Waals surface area contributed by atoms with Crippen molar-refractivity contribution in [2.24, 2.45) is 17.8 Å². The maximum absolute atomic E-state index is 12.4. The maximum Gasteiger partial charge on any atom is 0.328 e. The lowest BCUT2D eigenvalue weighted by Crippen LogP contribution is -2.48. The van der Waals surface area contributed by atoms with Crippen molar-refractivity contribution in [3.8, 4) is 0 Å². The normalized spacial score (nSPS) is 20.3. The van der Waals surface area contributed by atoms with Gasteiger partial charge in [0.1, 0.15) is 6.04 Å². The first-order chi connectivity index (χ1) is 10.9. The van der Waals surface area contributed by atoms with Crippen molar-refractivity contribution in [2.75, 3.05) is 20.2 Å². The molecule has 0 radical (unpaired) electrons. The molecular formula is C17H28N2O4. The van der Waals surface area contributed by atoms with Crippen LogP contribution in [0.4, 0.5) is 0 Å². The Morgan fingerprint density at radius 3 is 2.17 bits per heavy atom. The highest BCUT2D eigenvalue weighted by Crippen LogP contribution is 2.32. The van der Waals surface area contributed by atoms with Crippen LogP contribution in [0.15, 0.2) is 0 Å². The molecule has 1 aliphatic heterocycles. The lowest BCUT2D eigenvalue weighted by atomic mass is 9.94. The van der Waals surface area contributed by atoms with Gasteiger partial charge >= 0.3 is 5.97 Å². The number of methoxy groups -OCH3 is 1. The average molecular weight is 324 g/mol. The summed E-state index contributed by atoms with van der Waals surface area (Å²) in [5.41, 5.74) is 0. The van der Waals surface area contributed by atoms with Crippen LogP contribution in [0.5, 0.6) is 0 Å². The molecule has 2 rings (SSSR count). The van der Waals surface area contributed by atoms with Crippen LogP contribution in [0.1, 0.15) is 46.0 Å². The van der Waals surface area contributed by atoms with Crippen LogP contribution in [-0.2, 0) is 19.1 Å². The summed E-state index contributed by atoms with van der Waals surface area (Å²) in [5.74, 6) is 0.147. The Morgan fingerprint density at radius 2 is 1.70 bits per heavy atom. The monoisotopic (exact) mass is 324 g/mol. The van der Waals surface area contributed by atoms with Gasteiger partial charge in [0.05, 0.1) is 7.11 Å². The zero-order valence-corrected chi connectivity index (χ0v) is 14.3. The number of ether oxygens (including phenoxy) is 1. The van der Waals surface area contributed by atoms with Gasteiger partial charge in [0.15, 0.2) is 0 Å². The number of nitrogens with zero attached hydrogens (tertiary/aromatic N) is 1. The molecular weight excluding hydrogens is 296 g/mol. The van der Waals surface area contributed by atoms with E-state index in [9.17, 15) is 14.4 Å². The Labute approximate surface area is 137 Å². The molecule has 130 valence electrons. The molecule has 0 aromatic rings. The van der Waals surface area contributed by atoms with Crippen molar-refractivity contribution in [3.63, 3.8) is 0 Å². The Kier molecular flexibility index (Phi) is 6.02. The van der Waals surface area contributed by atoms with Gasteiger partial charge in [-0.15, -0.1) is 0 Å². The maximum atomic E-state index is 12.4. The van der Waals surface area contributed by atoms with E-state index in [-0.39, 0.29) is 29.6 Å². The predicted molar refractivity (Wildman–Crippen MR) is 85.4 cm³/mol. The number of esters is 1. The van der Waals surface area contributed by atoms with Crippen molar-refractivity contribution >= 4 is 17.8 Å². The minimum absolute atomic E-state index is 0.0976. The predicted octanol–water partition coefficient (Wildman–Crippen LogP) is 1.34. The highest BCUT2D eigenvalue weighted by molar-refractivity contribution is 5.86. The van der Waals surface area contributed by atoms with Crippen molar-refractivity contribution in [1.82, 2.24) is 10.2 Å². The van der Waals surface area contributed by atoms with Crippen LogP contribution in [-0.4, -0.2) is 48.9 Å². The molecule has 2 amide bonds. The summed E-state index contributed by atoms with van der Waals surface area (Å²) in [4.78, 5) is 38.1. The van der Waals surface area contributed by atoms with E-state index in [1.165, 1.54) is 7.11 Å². The van der Waals surface area contributed by atoms with Gasteiger partial charge in [-0.05, 0) is 38.0 Å². The molecule has 0 bridgehead atoms. The third-order valence-electron chi connectivity index (χ3n) is 4.61. The van der Waals surface area contributed by atoms with Gasteiger partial charge in [0, 0.05) is 24.9 Å². The Morgan fingerprint density at radius 1 is 1.09 bits per heavy atom. The fourth-order valence-electron chi connectivity index (χ4n) is 3.07. The SMILES string of the molecule is COC(=O)[C@H](CC(C)C)NC(=O)C1CCN(C(=O)C2CC2)CC1. The van der Waals surface area contributed by atoms with E-state index in [1.54, 1.807) is 0 Å². The fraction of sp³-hybridized carbons (Fsp3) is 0.824. The summed E-state index contributed by atoms with van der Waals surface area (Å²) in [5, 5.41) is 2.83. The molecule has 0 spiro atoms. The summed E-state index contributed by atoms with van der Waals surface area (Å²) in [6, 6.07) is -0.585. The van der Waals surface area contributed by atoms with Crippen molar-refractivity contribution in [1.29, 1.82) is 0 Å². The van der Waals surface area contributed by atoms with Gasteiger partial charge in [-0.2, -0.15) is 0 Å². The second-order valence-corrected chi connectivity index (χ2v) is 7.09. The third kappa shape index (κ3) is 4.94. The average Bonchev–Trinajstić information content (AvgIpc) is 3.37. The molecule has 1 heterocycles. The van der Waals surface area contributed by atoms with Crippen molar-refractivity contribution in [2.45, 2.75) is 52.0 Å². The van der Waals surface area contributed by atoms with E-state index >= 15 is 0 Å². The summed E-state index contributed by atoms with van der Waals surface area (Å²) in [6.45, 7) is 5.29. The Hall–Kier alpha value is -1.59. The second kappa shape index (κ2) is 7.79. The highest BCUT2D eigenvalue weighted by atomic mass is 16.5. The van der Waals surface area contributed by atoms with Crippen molar-refractivity contribution in [3.05, 3.63) is 0 Å². The van der Waals surface area contributed by atoms with Gasteiger partial charge in [0.25, 0.3) is 0 Å². The smallest absolute Gasteiger partial charge is 0.328 e. The second-order valence-electron chi connectivity index (χ2n) is 7.09. The molecule has 1 saturated carbocycles. The highest BCUT2D eigenvalue weighted by Gasteiger charge is 2.36. The zero-order chi connectivity index (χ0) is 17.0. The molecule has 0 aromatic heterocycles. The molecule has 0 aromatic carbocycles. The number of nitrogens with one attached hydrogen (secondary N) is 1. The zero-order valence-electron chi connectivity index (χ0n) is 14.3. The standard InChI is InChI=1S/C17H28N2O4/c1-11(2)10-14(17(22)23-3)18-15(20)12-6-8-19(9-7-12)16(21)13-4-5-13/h11-14H,4-10H2,1-3H3,(H,18,20)/t14-/m0/s1. The van der Waals surface area contributed by atoms with Gasteiger partial charge in [-0.1, -0.05) is 13.8 Å². The molecule has 1 aliphatic carbocycles. The Bertz CT molecular complexity index is 452. The molecule has 2 fully saturated rings. The number of hydrogen-bond donors (Lipinski definition) is 1. The molecule has 1 atom stereocenters. The van der Waals surface area contributed by atoms with Gasteiger partial charge in [-0.3, -0.25) is 9.59 Å². The van der Waals surface area contributed by atoms with E-state index in [1.807, 2.05) is 18.7 Å². The fourth-order valence-corrected chi connectivity index (χ4v) is 3.07. The Balaban J connectivity index is 1.82. The quantitative estimate of drug-likeness (QED) is 0.748. The van der Waals surface area contributed by atoms with Crippen LogP contribution in [0.2, 0.25) is 0 Å². The molecule has 6 heteroatoms. The van der Waals surface area contributed by atoms with Gasteiger partial charge in [0.2, 0.25) is 11.8 Å². The molecule has 23 heavy (non-hydrogen) atoms. The minimum atomic E-state index is -0.585. The van der Waals surface area contributed by atoms with Crippen LogP contribution in [0.3, 0.4) is 0 Å². The number of rotatable bonds is 6. The number of piperidine rings is 1. The number of hydrogen-bond acceptors (Lipinski definition) is 4. The summed E-state index contributed by atoms with van der Waals surface area (Å²) < 4.78 is 4.78. The minimum Gasteiger partial charge on any atom is -0.467 e.